The molecule has 0 heterocycles. The van der Waals surface area contributed by atoms with E-state index in [2.05, 4.69) is 74.6 Å². The fraction of sp³-hybridized carbons (Fsp3) is 0.744. The number of phosphoric acid groups is 1. The Bertz CT molecular complexity index is 1160. The van der Waals surface area contributed by atoms with E-state index < -0.39 is 63.1 Å². The third kappa shape index (κ3) is 26.1. The van der Waals surface area contributed by atoms with Gasteiger partial charge in [0.1, 0.15) is 42.7 Å². The fourth-order valence-corrected chi connectivity index (χ4v) is 7.00. The Hall–Kier alpha value is -1.96. The van der Waals surface area contributed by atoms with Crippen LogP contribution in [0.4, 0.5) is 0 Å². The number of ether oxygens (including phenoxy) is 2. The highest BCUT2D eigenvalue weighted by Gasteiger charge is 2.51. The molecule has 0 aromatic heterocycles. The average molecular weight is 815 g/mol. The van der Waals surface area contributed by atoms with E-state index in [1.54, 1.807) is 0 Å². The molecule has 12 nitrogen and oxygen atoms in total. The first kappa shape index (κ1) is 52.1. The van der Waals surface area contributed by atoms with Crippen molar-refractivity contribution in [2.24, 2.45) is 0 Å². The smallest absolute Gasteiger partial charge is 0.457 e. The Labute approximate surface area is 337 Å². The first-order valence-corrected chi connectivity index (χ1v) is 22.6. The van der Waals surface area contributed by atoms with E-state index in [0.29, 0.717) is 13.0 Å². The van der Waals surface area contributed by atoms with Crippen molar-refractivity contribution in [3.8, 4) is 0 Å². The highest BCUT2D eigenvalue weighted by Crippen LogP contribution is 2.47. The number of carbonyl (C=O) groups excluding carboxylic acids is 1. The van der Waals surface area contributed by atoms with Crippen molar-refractivity contribution >= 4 is 13.8 Å². The molecule has 6 atom stereocenters. The lowest BCUT2D eigenvalue weighted by atomic mass is 9.85. The lowest BCUT2D eigenvalue weighted by molar-refractivity contribution is -0.220. The largest absolute Gasteiger partial charge is 0.472 e. The van der Waals surface area contributed by atoms with Crippen LogP contribution in [0.1, 0.15) is 142 Å². The maximum Gasteiger partial charge on any atom is 0.472 e. The van der Waals surface area contributed by atoms with Crippen LogP contribution in [-0.4, -0.2) is 98.9 Å². The monoisotopic (exact) mass is 814 g/mol. The number of aliphatic hydroxyl groups excluding tert-OH is 5. The number of unbranched alkanes of at least 4 members (excludes halogenated alkanes) is 12. The molecule has 0 aliphatic heterocycles. The minimum absolute atomic E-state index is 0.0917. The van der Waals surface area contributed by atoms with Crippen molar-refractivity contribution in [2.75, 3.05) is 19.8 Å². The summed E-state index contributed by atoms with van der Waals surface area (Å²) in [6, 6.07) is 0. The molecule has 6 N–H and O–H groups in total. The van der Waals surface area contributed by atoms with Gasteiger partial charge in [0.25, 0.3) is 0 Å². The summed E-state index contributed by atoms with van der Waals surface area (Å²) in [6.07, 6.45) is 28.7. The predicted octanol–water partition coefficient (Wildman–Crippen LogP) is 7.86. The van der Waals surface area contributed by atoms with E-state index >= 15 is 0 Å². The van der Waals surface area contributed by atoms with E-state index in [-0.39, 0.29) is 13.0 Å². The third-order valence-corrected chi connectivity index (χ3v) is 10.4. The zero-order valence-electron chi connectivity index (χ0n) is 34.2. The zero-order chi connectivity index (χ0) is 41.3. The van der Waals surface area contributed by atoms with Crippen LogP contribution in [0.15, 0.2) is 60.8 Å². The van der Waals surface area contributed by atoms with Crippen molar-refractivity contribution in [1.82, 2.24) is 0 Å². The quantitative estimate of drug-likeness (QED) is 0.0160. The lowest BCUT2D eigenvalue weighted by Gasteiger charge is -2.41. The number of allylic oxidation sites excluding steroid dienone is 10. The van der Waals surface area contributed by atoms with E-state index in [9.17, 15) is 39.8 Å². The van der Waals surface area contributed by atoms with Gasteiger partial charge in [-0.25, -0.2) is 4.57 Å². The van der Waals surface area contributed by atoms with Gasteiger partial charge in [0, 0.05) is 13.0 Å². The Kier molecular flexibility index (Phi) is 31.6. The summed E-state index contributed by atoms with van der Waals surface area (Å²) in [5, 5.41) is 50.0. The van der Waals surface area contributed by atoms with E-state index in [4.69, 9.17) is 18.5 Å². The van der Waals surface area contributed by atoms with Crippen LogP contribution in [0.5, 0.6) is 0 Å². The van der Waals surface area contributed by atoms with Crippen molar-refractivity contribution in [3.05, 3.63) is 60.8 Å². The summed E-state index contributed by atoms with van der Waals surface area (Å²) in [7, 11) is -5.02. The van der Waals surface area contributed by atoms with Gasteiger partial charge < -0.3 is 39.9 Å². The molecule has 1 rings (SSSR count). The molecule has 0 radical (unpaired) electrons. The minimum atomic E-state index is -5.02. The predicted molar refractivity (Wildman–Crippen MR) is 221 cm³/mol. The molecular weight excluding hydrogens is 739 g/mol. The Morgan fingerprint density at radius 1 is 0.589 bits per heavy atom. The molecular formula is C43H75O12P. The molecule has 1 fully saturated rings. The van der Waals surface area contributed by atoms with Gasteiger partial charge in [0.2, 0.25) is 0 Å². The number of hydrogen-bond donors (Lipinski definition) is 6. The van der Waals surface area contributed by atoms with Gasteiger partial charge in [0.05, 0.1) is 13.2 Å². The average Bonchev–Trinajstić information content (AvgIpc) is 3.18. The van der Waals surface area contributed by atoms with Gasteiger partial charge in [-0.2, -0.15) is 0 Å². The molecule has 1 saturated carbocycles. The summed E-state index contributed by atoms with van der Waals surface area (Å²) in [5.74, 6) is -0.511. The van der Waals surface area contributed by atoms with Gasteiger partial charge in [-0.3, -0.25) is 13.8 Å². The number of phosphoric ester groups is 1. The molecule has 0 amide bonds. The first-order chi connectivity index (χ1) is 27.0. The zero-order valence-corrected chi connectivity index (χ0v) is 35.1. The normalized spacial score (nSPS) is 23.6. The maximum atomic E-state index is 12.8. The fourth-order valence-electron chi connectivity index (χ4n) is 6.03. The first-order valence-electron chi connectivity index (χ1n) is 21.1. The Morgan fingerprint density at radius 3 is 1.59 bits per heavy atom. The second kappa shape index (κ2) is 34.0. The minimum Gasteiger partial charge on any atom is -0.457 e. The summed E-state index contributed by atoms with van der Waals surface area (Å²) < 4.78 is 34.0. The molecule has 6 unspecified atom stereocenters. The molecule has 13 heteroatoms. The topological polar surface area (TPSA) is 192 Å². The van der Waals surface area contributed by atoms with Gasteiger partial charge in [-0.1, -0.05) is 139 Å². The van der Waals surface area contributed by atoms with Crippen LogP contribution in [0.2, 0.25) is 0 Å². The van der Waals surface area contributed by atoms with Gasteiger partial charge in [0.15, 0.2) is 0 Å². The number of carbonyl (C=O) groups is 1. The van der Waals surface area contributed by atoms with Crippen molar-refractivity contribution in [3.63, 3.8) is 0 Å². The second-order valence-electron chi connectivity index (χ2n) is 14.5. The molecule has 1 aliphatic carbocycles. The molecule has 56 heavy (non-hydrogen) atoms. The standard InChI is InChI=1S/C43H75O12P/c1-3-5-7-9-11-13-15-16-17-18-19-20-21-22-23-24-26-28-30-32-37(44)54-36(34-52-33-31-29-27-25-14-12-10-8-6-4-2)35-53-56(50,51)55-43-41(48)39(46)38(45)40(47)42(43)49/h5,7,11,13,16-17,19-20,22-23,36,38-43,45-49H,3-4,6,8-10,12,14-15,18,21,24-35H2,1-2H3,(H,50,51)/b7-5-,13-11-,17-16-,20-19-,23-22-. The van der Waals surface area contributed by atoms with Crippen LogP contribution in [-0.2, 0) is 27.9 Å². The molecule has 0 saturated heterocycles. The van der Waals surface area contributed by atoms with E-state index in [0.717, 1.165) is 70.6 Å². The number of aliphatic hydroxyl groups is 5. The van der Waals surface area contributed by atoms with Crippen molar-refractivity contribution in [1.29, 1.82) is 0 Å². The molecule has 0 bridgehead atoms. The molecule has 1 aliphatic rings. The Balaban J connectivity index is 2.45. The van der Waals surface area contributed by atoms with Crippen molar-refractivity contribution in [2.45, 2.75) is 185 Å². The molecule has 324 valence electrons. The summed E-state index contributed by atoms with van der Waals surface area (Å²) in [5.41, 5.74) is 0. The number of rotatable bonds is 34. The van der Waals surface area contributed by atoms with E-state index in [1.165, 1.54) is 44.9 Å². The molecule has 0 aromatic carbocycles. The Morgan fingerprint density at radius 2 is 1.05 bits per heavy atom. The number of esters is 1. The summed E-state index contributed by atoms with van der Waals surface area (Å²) in [6.45, 7) is 4.07. The lowest BCUT2D eigenvalue weighted by Crippen LogP contribution is -2.64. The maximum absolute atomic E-state index is 12.8. The highest BCUT2D eigenvalue weighted by atomic mass is 31.2. The summed E-state index contributed by atoms with van der Waals surface area (Å²) >= 11 is 0. The van der Waals surface area contributed by atoms with Crippen LogP contribution in [0, 0.1) is 0 Å². The highest BCUT2D eigenvalue weighted by molar-refractivity contribution is 7.47. The second-order valence-corrected chi connectivity index (χ2v) is 15.9. The van der Waals surface area contributed by atoms with Gasteiger partial charge in [-0.15, -0.1) is 0 Å². The third-order valence-electron chi connectivity index (χ3n) is 9.40. The summed E-state index contributed by atoms with van der Waals surface area (Å²) in [4.78, 5) is 23.1. The molecule has 0 aromatic rings. The van der Waals surface area contributed by atoms with Crippen LogP contribution in [0.25, 0.3) is 0 Å². The van der Waals surface area contributed by atoms with Crippen LogP contribution >= 0.6 is 7.82 Å². The van der Waals surface area contributed by atoms with Crippen LogP contribution < -0.4 is 0 Å². The number of hydrogen-bond acceptors (Lipinski definition) is 11. The van der Waals surface area contributed by atoms with Crippen LogP contribution in [0.3, 0.4) is 0 Å². The van der Waals surface area contributed by atoms with E-state index in [1.807, 2.05) is 0 Å². The van der Waals surface area contributed by atoms with Gasteiger partial charge in [-0.05, 0) is 57.8 Å². The molecule has 0 spiro atoms. The SMILES string of the molecule is CC/C=C\C/C=C\C/C=C\C/C=C\C/C=C\CCCCCC(=O)OC(COCCCCCCCCCCCC)COP(=O)(O)OC1C(O)C(O)C(O)C(O)C1O. The van der Waals surface area contributed by atoms with Crippen molar-refractivity contribution < 1.29 is 58.3 Å². The van der Waals surface area contributed by atoms with Gasteiger partial charge >= 0.3 is 13.8 Å².